The maximum absolute atomic E-state index is 12.7. The molecule has 1 amide bonds. The molecule has 0 bridgehead atoms. The number of benzene rings is 2. The van der Waals surface area contributed by atoms with Crippen molar-refractivity contribution in [1.29, 1.82) is 0 Å². The van der Waals surface area contributed by atoms with Gasteiger partial charge in [-0.15, -0.1) is 0 Å². The average molecular weight is 605 g/mol. The molecule has 1 saturated heterocycles. The lowest BCUT2D eigenvalue weighted by atomic mass is 10.1. The largest absolute Gasteiger partial charge is 0.494 e. The summed E-state index contributed by atoms with van der Waals surface area (Å²) in [5.74, 6) is 0.630. The number of hydrogen-bond acceptors (Lipinski definition) is 6. The first-order chi connectivity index (χ1) is 19.4. The predicted molar refractivity (Wildman–Crippen MR) is 162 cm³/mol. The first-order valence-electron chi connectivity index (χ1n) is 14.1. The standard InChI is InChI=1S/C30H41ClN4O5S/c1-22-21-34(16-17-35(22)29(36)40-30(2,3)4)15-6-18-39-25-9-11-26(12-10-25)41(37,38)33-14-5-7-23-20-32-28-13-8-24(31)19-27(23)28/h8-13,19-20,22,32-33H,5-7,14-18,21H2,1-4H3. The number of H-pyrrole nitrogens is 1. The van der Waals surface area contributed by atoms with Gasteiger partial charge in [0.25, 0.3) is 0 Å². The van der Waals surface area contributed by atoms with Gasteiger partial charge in [-0.05, 0) is 95.0 Å². The van der Waals surface area contributed by atoms with E-state index in [1.165, 1.54) is 0 Å². The van der Waals surface area contributed by atoms with Gasteiger partial charge in [-0.25, -0.2) is 17.9 Å². The first kappa shape index (κ1) is 31.2. The Bertz CT molecular complexity index is 1420. The van der Waals surface area contributed by atoms with Crippen LogP contribution in [0.2, 0.25) is 5.02 Å². The van der Waals surface area contributed by atoms with Gasteiger partial charge in [0.2, 0.25) is 10.0 Å². The number of amides is 1. The monoisotopic (exact) mass is 604 g/mol. The van der Waals surface area contributed by atoms with E-state index in [9.17, 15) is 13.2 Å². The second kappa shape index (κ2) is 13.5. The Morgan fingerprint density at radius 3 is 2.59 bits per heavy atom. The average Bonchev–Trinajstić information content (AvgIpc) is 3.30. The summed E-state index contributed by atoms with van der Waals surface area (Å²) in [5.41, 5.74) is 1.62. The Labute approximate surface area is 248 Å². The number of nitrogens with zero attached hydrogens (tertiary/aromatic N) is 2. The van der Waals surface area contributed by atoms with E-state index in [0.717, 1.165) is 48.9 Å². The van der Waals surface area contributed by atoms with Crippen molar-refractivity contribution in [2.24, 2.45) is 0 Å². The highest BCUT2D eigenvalue weighted by Gasteiger charge is 2.30. The fraction of sp³-hybridized carbons (Fsp3) is 0.500. The summed E-state index contributed by atoms with van der Waals surface area (Å²) in [6, 6.07) is 12.3. The maximum atomic E-state index is 12.7. The van der Waals surface area contributed by atoms with Gasteiger partial charge in [0, 0.05) is 60.9 Å². The number of aromatic amines is 1. The molecule has 1 aliphatic heterocycles. The smallest absolute Gasteiger partial charge is 0.410 e. The minimum atomic E-state index is -3.61. The highest BCUT2D eigenvalue weighted by atomic mass is 35.5. The van der Waals surface area contributed by atoms with Crippen LogP contribution in [-0.4, -0.2) is 80.3 Å². The van der Waals surface area contributed by atoms with E-state index in [2.05, 4.69) is 14.6 Å². The lowest BCUT2D eigenvalue weighted by molar-refractivity contribution is 0.00105. The van der Waals surface area contributed by atoms with Crippen LogP contribution in [0.3, 0.4) is 0 Å². The van der Waals surface area contributed by atoms with E-state index in [4.69, 9.17) is 21.1 Å². The molecule has 1 unspecified atom stereocenters. The third-order valence-corrected chi connectivity index (χ3v) is 8.72. The van der Waals surface area contributed by atoms with Crippen LogP contribution in [0.5, 0.6) is 5.75 Å². The van der Waals surface area contributed by atoms with Crippen molar-refractivity contribution in [3.8, 4) is 5.75 Å². The van der Waals surface area contributed by atoms with Crippen LogP contribution in [0, 0.1) is 0 Å². The fourth-order valence-corrected chi connectivity index (χ4v) is 6.19. The van der Waals surface area contributed by atoms with Crippen LogP contribution < -0.4 is 9.46 Å². The lowest BCUT2D eigenvalue weighted by Crippen LogP contribution is -2.55. The molecule has 1 aliphatic rings. The zero-order valence-electron chi connectivity index (χ0n) is 24.3. The van der Waals surface area contributed by atoms with Gasteiger partial charge in [-0.2, -0.15) is 0 Å². The molecule has 0 aliphatic carbocycles. The van der Waals surface area contributed by atoms with E-state index in [0.29, 0.717) is 36.9 Å². The molecule has 1 atom stereocenters. The van der Waals surface area contributed by atoms with Crippen molar-refractivity contribution in [3.05, 3.63) is 59.2 Å². The topological polar surface area (TPSA) is 104 Å². The van der Waals surface area contributed by atoms with E-state index in [-0.39, 0.29) is 17.0 Å². The number of aryl methyl sites for hydroxylation is 1. The summed E-state index contributed by atoms with van der Waals surface area (Å²) in [4.78, 5) is 20.0. The fourth-order valence-electron chi connectivity index (χ4n) is 4.95. The molecule has 2 N–H and O–H groups in total. The van der Waals surface area contributed by atoms with Gasteiger partial charge in [-0.1, -0.05) is 11.6 Å². The van der Waals surface area contributed by atoms with Crippen molar-refractivity contribution in [1.82, 2.24) is 19.5 Å². The van der Waals surface area contributed by atoms with Crippen LogP contribution in [-0.2, 0) is 21.2 Å². The first-order valence-corrected chi connectivity index (χ1v) is 16.0. The molecule has 2 heterocycles. The van der Waals surface area contributed by atoms with Crippen LogP contribution in [0.25, 0.3) is 10.9 Å². The Morgan fingerprint density at radius 1 is 1.12 bits per heavy atom. The van der Waals surface area contributed by atoms with Gasteiger partial charge in [0.1, 0.15) is 11.4 Å². The number of fused-ring (bicyclic) bond motifs is 1. The van der Waals surface area contributed by atoms with Crippen LogP contribution in [0.1, 0.15) is 46.1 Å². The molecule has 41 heavy (non-hydrogen) atoms. The summed E-state index contributed by atoms with van der Waals surface area (Å²) in [6.45, 7) is 11.6. The minimum Gasteiger partial charge on any atom is -0.494 e. The van der Waals surface area contributed by atoms with Crippen LogP contribution >= 0.6 is 11.6 Å². The SMILES string of the molecule is CC1CN(CCCOc2ccc(S(=O)(=O)NCCCc3c[nH]c4ccc(Cl)cc34)cc2)CCN1C(=O)OC(C)(C)C. The van der Waals surface area contributed by atoms with E-state index < -0.39 is 15.6 Å². The van der Waals surface area contributed by atoms with Crippen molar-refractivity contribution in [3.63, 3.8) is 0 Å². The van der Waals surface area contributed by atoms with E-state index in [1.54, 1.807) is 29.2 Å². The number of halogens is 1. The third kappa shape index (κ3) is 8.85. The quantitative estimate of drug-likeness (QED) is 0.282. The minimum absolute atomic E-state index is 0.0789. The predicted octanol–water partition coefficient (Wildman–Crippen LogP) is 5.44. The number of ether oxygens (including phenoxy) is 2. The third-order valence-electron chi connectivity index (χ3n) is 7.01. The second-order valence-electron chi connectivity index (χ2n) is 11.5. The summed E-state index contributed by atoms with van der Waals surface area (Å²) >= 11 is 6.12. The van der Waals surface area contributed by atoms with Gasteiger partial charge >= 0.3 is 6.09 Å². The van der Waals surface area contributed by atoms with Crippen molar-refractivity contribution >= 4 is 38.6 Å². The molecular weight excluding hydrogens is 564 g/mol. The van der Waals surface area contributed by atoms with Gasteiger partial charge in [0.15, 0.2) is 0 Å². The highest BCUT2D eigenvalue weighted by molar-refractivity contribution is 7.89. The van der Waals surface area contributed by atoms with Crippen molar-refractivity contribution < 1.29 is 22.7 Å². The van der Waals surface area contributed by atoms with E-state index >= 15 is 0 Å². The molecule has 1 aromatic heterocycles. The molecule has 4 rings (SSSR count). The zero-order chi connectivity index (χ0) is 29.6. The zero-order valence-corrected chi connectivity index (χ0v) is 25.9. The Kier molecular flexibility index (Phi) is 10.2. The van der Waals surface area contributed by atoms with Crippen molar-refractivity contribution in [2.45, 2.75) is 63.5 Å². The molecular formula is C30H41ClN4O5S. The summed E-state index contributed by atoms with van der Waals surface area (Å²) in [7, 11) is -3.61. The normalized spacial score (nSPS) is 16.7. The molecule has 3 aromatic rings. The number of nitrogens with one attached hydrogen (secondary N) is 2. The van der Waals surface area contributed by atoms with Gasteiger partial charge < -0.3 is 19.4 Å². The second-order valence-corrected chi connectivity index (χ2v) is 13.7. The van der Waals surface area contributed by atoms with Crippen molar-refractivity contribution in [2.75, 3.05) is 39.3 Å². The maximum Gasteiger partial charge on any atom is 0.410 e. The highest BCUT2D eigenvalue weighted by Crippen LogP contribution is 2.23. The molecule has 9 nitrogen and oxygen atoms in total. The molecule has 0 spiro atoms. The molecule has 1 fully saturated rings. The van der Waals surface area contributed by atoms with E-state index in [1.807, 2.05) is 52.1 Å². The number of rotatable bonds is 11. The number of piperazine rings is 1. The lowest BCUT2D eigenvalue weighted by Gasteiger charge is -2.40. The molecule has 0 saturated carbocycles. The summed E-state index contributed by atoms with van der Waals surface area (Å²) in [6.07, 6.45) is 3.90. The number of hydrogen-bond donors (Lipinski definition) is 2. The number of sulfonamides is 1. The van der Waals surface area contributed by atoms with Gasteiger partial charge in [0.05, 0.1) is 11.5 Å². The summed E-state index contributed by atoms with van der Waals surface area (Å²) < 4.78 is 39.5. The summed E-state index contributed by atoms with van der Waals surface area (Å²) in [5, 5.41) is 1.74. The molecule has 0 radical (unpaired) electrons. The number of carbonyl (C=O) groups excluding carboxylic acids is 1. The van der Waals surface area contributed by atoms with Crippen LogP contribution in [0.4, 0.5) is 4.79 Å². The Hall–Kier alpha value is -2.79. The molecule has 224 valence electrons. The molecule has 2 aromatic carbocycles. The number of carbonyl (C=O) groups is 1. The Morgan fingerprint density at radius 2 is 1.88 bits per heavy atom. The van der Waals surface area contributed by atoms with Crippen LogP contribution in [0.15, 0.2) is 53.6 Å². The number of aromatic nitrogens is 1. The molecule has 11 heteroatoms. The van der Waals surface area contributed by atoms with Gasteiger partial charge in [-0.3, -0.25) is 4.90 Å². The Balaban J connectivity index is 1.15.